The second-order valence-corrected chi connectivity index (χ2v) is 7.49. The second-order valence-electron chi connectivity index (χ2n) is 7.49. The second kappa shape index (κ2) is 10.2. The highest BCUT2D eigenvalue weighted by Gasteiger charge is 2.36. The predicted molar refractivity (Wildman–Crippen MR) is 111 cm³/mol. The average Bonchev–Trinajstić information content (AvgIpc) is 2.70. The molecule has 0 unspecified atom stereocenters. The number of ether oxygens (including phenoxy) is 1. The highest BCUT2D eigenvalue weighted by Crippen LogP contribution is 2.41. The number of Topliss-reactive ketones (excluding diaryl/α,β-unsaturated/α-hetero) is 1. The Hall–Kier alpha value is -2.43. The van der Waals surface area contributed by atoms with Gasteiger partial charge in [0.05, 0.1) is 23.4 Å². The molecule has 0 bridgehead atoms. The van der Waals surface area contributed by atoms with E-state index >= 15 is 0 Å². The van der Waals surface area contributed by atoms with Gasteiger partial charge in [-0.1, -0.05) is 33.6 Å². The van der Waals surface area contributed by atoms with Gasteiger partial charge >= 0.3 is 5.97 Å². The lowest BCUT2D eigenvalue weighted by molar-refractivity contribution is -0.118. The Morgan fingerprint density at radius 1 is 1.14 bits per heavy atom. The fourth-order valence-corrected chi connectivity index (χ4v) is 3.43. The molecule has 2 rings (SSSR count). The van der Waals surface area contributed by atoms with Crippen molar-refractivity contribution in [2.24, 2.45) is 10.4 Å². The van der Waals surface area contributed by atoms with Crippen LogP contribution in [-0.2, 0) is 9.53 Å². The molecule has 0 saturated carbocycles. The Balaban J connectivity index is 2.02. The van der Waals surface area contributed by atoms with E-state index in [4.69, 9.17) is 4.74 Å². The van der Waals surface area contributed by atoms with E-state index in [0.717, 1.165) is 32.1 Å². The van der Waals surface area contributed by atoms with E-state index in [2.05, 4.69) is 25.8 Å². The van der Waals surface area contributed by atoms with E-state index in [1.807, 2.05) is 0 Å². The summed E-state index contributed by atoms with van der Waals surface area (Å²) >= 11 is 0. The van der Waals surface area contributed by atoms with Crippen molar-refractivity contribution in [2.75, 3.05) is 6.61 Å². The van der Waals surface area contributed by atoms with E-state index in [1.165, 1.54) is 6.21 Å². The number of carbonyl (C=O) groups excluding carboxylic acids is 2. The molecule has 5 nitrogen and oxygen atoms in total. The molecule has 1 aromatic carbocycles. The molecule has 1 N–H and O–H groups in total. The molecule has 5 heteroatoms. The number of nitrogens with zero attached hydrogens (tertiary/aromatic N) is 1. The van der Waals surface area contributed by atoms with Crippen LogP contribution in [0.2, 0.25) is 0 Å². The van der Waals surface area contributed by atoms with Crippen LogP contribution in [0.5, 0.6) is 0 Å². The van der Waals surface area contributed by atoms with Crippen molar-refractivity contribution in [3.8, 4) is 0 Å². The topological polar surface area (TPSA) is 76.0 Å². The predicted octanol–water partition coefficient (Wildman–Crippen LogP) is 5.72. The summed E-state index contributed by atoms with van der Waals surface area (Å²) in [5, 5.41) is 10.4. The van der Waals surface area contributed by atoms with E-state index in [0.29, 0.717) is 30.7 Å². The Morgan fingerprint density at radius 3 is 2.39 bits per heavy atom. The third kappa shape index (κ3) is 5.54. The van der Waals surface area contributed by atoms with Crippen LogP contribution >= 0.6 is 0 Å². The molecule has 0 atom stereocenters. The summed E-state index contributed by atoms with van der Waals surface area (Å²) in [4.78, 5) is 28.8. The number of allylic oxidation sites excluding steroid dienone is 2. The van der Waals surface area contributed by atoms with Gasteiger partial charge in [-0.25, -0.2) is 4.79 Å². The van der Waals surface area contributed by atoms with Gasteiger partial charge in [0.1, 0.15) is 5.76 Å². The molecule has 28 heavy (non-hydrogen) atoms. The number of hydrogen-bond acceptors (Lipinski definition) is 5. The summed E-state index contributed by atoms with van der Waals surface area (Å²) in [6, 6.07) is 6.72. The molecule has 0 heterocycles. The fourth-order valence-electron chi connectivity index (χ4n) is 3.43. The number of unbranched alkanes of at least 4 members (excludes halogenated alkanes) is 2. The number of rotatable bonds is 9. The summed E-state index contributed by atoms with van der Waals surface area (Å²) < 4.78 is 5.23. The maximum atomic E-state index is 12.5. The van der Waals surface area contributed by atoms with Gasteiger partial charge in [0.2, 0.25) is 0 Å². The maximum Gasteiger partial charge on any atom is 0.338 e. The zero-order valence-corrected chi connectivity index (χ0v) is 17.2. The largest absolute Gasteiger partial charge is 0.511 e. The third-order valence-corrected chi connectivity index (χ3v) is 5.62. The van der Waals surface area contributed by atoms with E-state index in [-0.39, 0.29) is 28.5 Å². The first kappa shape index (κ1) is 21.9. The van der Waals surface area contributed by atoms with E-state index in [1.54, 1.807) is 24.3 Å². The average molecular weight is 386 g/mol. The van der Waals surface area contributed by atoms with Gasteiger partial charge in [0, 0.05) is 19.1 Å². The first-order valence-electron chi connectivity index (χ1n) is 10.2. The number of ketones is 1. The van der Waals surface area contributed by atoms with Gasteiger partial charge in [0.25, 0.3) is 0 Å². The Kier molecular flexibility index (Phi) is 7.97. The molecular formula is C23H31NO4. The van der Waals surface area contributed by atoms with Crippen molar-refractivity contribution in [3.63, 3.8) is 0 Å². The summed E-state index contributed by atoms with van der Waals surface area (Å²) in [5.41, 5.74) is 1.23. The van der Waals surface area contributed by atoms with Gasteiger partial charge < -0.3 is 9.84 Å². The lowest BCUT2D eigenvalue weighted by atomic mass is 9.70. The summed E-state index contributed by atoms with van der Waals surface area (Å²) in [7, 11) is 0. The zero-order valence-electron chi connectivity index (χ0n) is 17.2. The smallest absolute Gasteiger partial charge is 0.338 e. The number of aliphatic hydroxyl groups is 1. The molecule has 0 spiro atoms. The van der Waals surface area contributed by atoms with Gasteiger partial charge in [-0.15, -0.1) is 0 Å². The fraction of sp³-hybridized carbons (Fsp3) is 0.522. The minimum Gasteiger partial charge on any atom is -0.511 e. The van der Waals surface area contributed by atoms with Crippen LogP contribution in [-0.4, -0.2) is 29.7 Å². The summed E-state index contributed by atoms with van der Waals surface area (Å²) in [6.45, 7) is 6.64. The molecule has 152 valence electrons. The number of carbonyl (C=O) groups is 2. The Labute approximate surface area is 167 Å². The van der Waals surface area contributed by atoms with Crippen molar-refractivity contribution >= 4 is 23.7 Å². The Bertz CT molecular complexity index is 742. The molecule has 0 aliphatic heterocycles. The van der Waals surface area contributed by atoms with Gasteiger partial charge in [-0.3, -0.25) is 9.79 Å². The van der Waals surface area contributed by atoms with Gasteiger partial charge in [0.15, 0.2) is 5.78 Å². The molecule has 1 aliphatic rings. The molecule has 0 saturated heterocycles. The quantitative estimate of drug-likeness (QED) is 0.335. The Morgan fingerprint density at radius 2 is 1.82 bits per heavy atom. The molecule has 0 aromatic heterocycles. The monoisotopic (exact) mass is 385 g/mol. The van der Waals surface area contributed by atoms with Crippen LogP contribution in [0.4, 0.5) is 5.69 Å². The first-order valence-corrected chi connectivity index (χ1v) is 10.2. The van der Waals surface area contributed by atoms with Crippen molar-refractivity contribution in [3.05, 3.63) is 41.2 Å². The van der Waals surface area contributed by atoms with Crippen molar-refractivity contribution in [1.29, 1.82) is 0 Å². The highest BCUT2D eigenvalue weighted by molar-refractivity contribution is 6.15. The number of esters is 1. The van der Waals surface area contributed by atoms with Gasteiger partial charge in [-0.05, 0) is 48.9 Å². The number of benzene rings is 1. The number of hydrogen-bond donors (Lipinski definition) is 1. The molecule has 1 aliphatic carbocycles. The summed E-state index contributed by atoms with van der Waals surface area (Å²) in [6.07, 6.45) is 7.10. The molecule has 0 radical (unpaired) electrons. The number of aliphatic hydroxyl groups excluding tert-OH is 1. The standard InChI is InChI=1S/C23H31NO4/c1-4-7-8-13-28-22(27)17-9-11-18(12-10-17)24-16-19-20(25)14-23(5-2,6-3)15-21(19)26/h9-12,16,25H,4-8,13-15H2,1-3H3. The zero-order chi connectivity index (χ0) is 20.6. The normalized spacial score (nSPS) is 16.6. The van der Waals surface area contributed by atoms with Crippen LogP contribution in [0.1, 0.15) is 76.1 Å². The molecule has 1 aromatic rings. The van der Waals surface area contributed by atoms with E-state index < -0.39 is 0 Å². The van der Waals surface area contributed by atoms with Crippen LogP contribution in [0, 0.1) is 5.41 Å². The molecule has 0 amide bonds. The first-order chi connectivity index (χ1) is 13.4. The SMILES string of the molecule is CCCCCOC(=O)c1ccc(N=CC2=C(O)CC(CC)(CC)CC2=O)cc1. The van der Waals surface area contributed by atoms with Crippen LogP contribution in [0.15, 0.2) is 40.6 Å². The van der Waals surface area contributed by atoms with Crippen molar-refractivity contribution in [1.82, 2.24) is 0 Å². The minimum absolute atomic E-state index is 0.0662. The summed E-state index contributed by atoms with van der Waals surface area (Å²) in [5.74, 6) is -0.288. The van der Waals surface area contributed by atoms with Crippen LogP contribution in [0.3, 0.4) is 0 Å². The van der Waals surface area contributed by atoms with Gasteiger partial charge in [-0.2, -0.15) is 0 Å². The highest BCUT2D eigenvalue weighted by atomic mass is 16.5. The molecule has 0 fully saturated rings. The van der Waals surface area contributed by atoms with Crippen LogP contribution < -0.4 is 0 Å². The lowest BCUT2D eigenvalue weighted by Gasteiger charge is -2.34. The third-order valence-electron chi connectivity index (χ3n) is 5.62. The van der Waals surface area contributed by atoms with Crippen molar-refractivity contribution in [2.45, 2.75) is 65.7 Å². The molecular weight excluding hydrogens is 354 g/mol. The number of aliphatic imine (C=N–C) groups is 1. The lowest BCUT2D eigenvalue weighted by Crippen LogP contribution is -2.30. The van der Waals surface area contributed by atoms with E-state index in [9.17, 15) is 14.7 Å². The minimum atomic E-state index is -0.343. The maximum absolute atomic E-state index is 12.5. The van der Waals surface area contributed by atoms with Crippen LogP contribution in [0.25, 0.3) is 0 Å². The van der Waals surface area contributed by atoms with Crippen molar-refractivity contribution < 1.29 is 19.4 Å².